The second-order valence-electron chi connectivity index (χ2n) is 6.58. The fourth-order valence-electron chi connectivity index (χ4n) is 2.47. The molecule has 0 saturated carbocycles. The number of carbonyl (C=O) groups is 1. The van der Waals surface area contributed by atoms with Gasteiger partial charge in [-0.2, -0.15) is 0 Å². The number of nitrogens with one attached hydrogen (secondary N) is 1. The van der Waals surface area contributed by atoms with E-state index in [2.05, 4.69) is 17.2 Å². The molecule has 6 nitrogen and oxygen atoms in total. The molecule has 0 radical (unpaired) electrons. The number of hydrogen-bond acceptors (Lipinski definition) is 5. The molecule has 0 bridgehead atoms. The lowest BCUT2D eigenvalue weighted by Gasteiger charge is -2.12. The van der Waals surface area contributed by atoms with E-state index in [9.17, 15) is 4.79 Å². The summed E-state index contributed by atoms with van der Waals surface area (Å²) in [6.45, 7) is 3.23. The van der Waals surface area contributed by atoms with Gasteiger partial charge >= 0.3 is 0 Å². The van der Waals surface area contributed by atoms with Gasteiger partial charge in [-0.3, -0.25) is 4.79 Å². The summed E-state index contributed by atoms with van der Waals surface area (Å²) in [4.78, 5) is 18.3. The number of ether oxygens (including phenoxy) is 2. The van der Waals surface area contributed by atoms with Crippen molar-refractivity contribution in [1.29, 1.82) is 0 Å². The Hall–Kier alpha value is -3.02. The molecule has 2 rings (SSSR count). The molecule has 0 spiro atoms. The summed E-state index contributed by atoms with van der Waals surface area (Å²) in [6, 6.07) is 9.47. The summed E-state index contributed by atoms with van der Waals surface area (Å²) < 4.78 is 11.1. The Morgan fingerprint density at radius 1 is 1.21 bits per heavy atom. The average Bonchev–Trinajstić information content (AvgIpc) is 2.71. The molecule has 1 aromatic carbocycles. The van der Waals surface area contributed by atoms with E-state index in [1.807, 2.05) is 49.3 Å². The monoisotopic (exact) mass is 383 g/mol. The van der Waals surface area contributed by atoms with Gasteiger partial charge < -0.3 is 19.7 Å². The van der Waals surface area contributed by atoms with E-state index >= 15 is 0 Å². The van der Waals surface area contributed by atoms with Crippen molar-refractivity contribution in [2.75, 3.05) is 32.7 Å². The van der Waals surface area contributed by atoms with E-state index in [4.69, 9.17) is 9.47 Å². The highest BCUT2D eigenvalue weighted by atomic mass is 16.5. The molecule has 1 N–H and O–H groups in total. The SMILES string of the molecule is CCCCOc1ccc(/C=C/C(=O)NCc2ccnc(N(C)C)c2)cc1OC. The van der Waals surface area contributed by atoms with E-state index in [1.54, 1.807) is 19.4 Å². The van der Waals surface area contributed by atoms with Gasteiger partial charge in [0.05, 0.1) is 13.7 Å². The summed E-state index contributed by atoms with van der Waals surface area (Å²) in [5.74, 6) is 2.07. The number of carbonyl (C=O) groups excluding carboxylic acids is 1. The fraction of sp³-hybridized carbons (Fsp3) is 0.364. The zero-order valence-corrected chi connectivity index (χ0v) is 17.1. The number of methoxy groups -OCH3 is 1. The Bertz CT molecular complexity index is 803. The van der Waals surface area contributed by atoms with E-state index in [-0.39, 0.29) is 5.91 Å². The van der Waals surface area contributed by atoms with Crippen molar-refractivity contribution >= 4 is 17.8 Å². The van der Waals surface area contributed by atoms with Gasteiger partial charge in [0.1, 0.15) is 5.82 Å². The molecule has 2 aromatic rings. The van der Waals surface area contributed by atoms with Gasteiger partial charge in [0.2, 0.25) is 5.91 Å². The van der Waals surface area contributed by atoms with Crippen molar-refractivity contribution in [2.45, 2.75) is 26.3 Å². The second kappa shape index (κ2) is 11.0. The number of amides is 1. The smallest absolute Gasteiger partial charge is 0.244 e. The largest absolute Gasteiger partial charge is 0.493 e. The van der Waals surface area contributed by atoms with Gasteiger partial charge in [-0.1, -0.05) is 19.4 Å². The first-order chi connectivity index (χ1) is 13.5. The molecule has 0 atom stereocenters. The highest BCUT2D eigenvalue weighted by Gasteiger charge is 2.05. The first-order valence-electron chi connectivity index (χ1n) is 9.42. The maximum absolute atomic E-state index is 12.1. The average molecular weight is 383 g/mol. The highest BCUT2D eigenvalue weighted by molar-refractivity contribution is 5.91. The van der Waals surface area contributed by atoms with Gasteiger partial charge in [-0.15, -0.1) is 0 Å². The zero-order chi connectivity index (χ0) is 20.4. The van der Waals surface area contributed by atoms with E-state index < -0.39 is 0 Å². The first-order valence-corrected chi connectivity index (χ1v) is 9.42. The predicted molar refractivity (Wildman–Crippen MR) is 113 cm³/mol. The third kappa shape index (κ3) is 6.61. The molecular formula is C22H29N3O3. The van der Waals surface area contributed by atoms with Crippen LogP contribution in [0.1, 0.15) is 30.9 Å². The Morgan fingerprint density at radius 2 is 2.04 bits per heavy atom. The van der Waals surface area contributed by atoms with E-state index in [0.717, 1.165) is 29.8 Å². The van der Waals surface area contributed by atoms with Crippen LogP contribution >= 0.6 is 0 Å². The molecule has 0 unspecified atom stereocenters. The maximum atomic E-state index is 12.1. The summed E-state index contributed by atoms with van der Waals surface area (Å²) in [5.41, 5.74) is 1.87. The summed E-state index contributed by atoms with van der Waals surface area (Å²) in [5, 5.41) is 2.88. The Kier molecular flexibility index (Phi) is 8.34. The zero-order valence-electron chi connectivity index (χ0n) is 17.1. The van der Waals surface area contributed by atoms with Crippen molar-refractivity contribution in [3.63, 3.8) is 0 Å². The van der Waals surface area contributed by atoms with E-state index in [0.29, 0.717) is 24.7 Å². The maximum Gasteiger partial charge on any atom is 0.244 e. The molecule has 6 heteroatoms. The quantitative estimate of drug-likeness (QED) is 0.501. The predicted octanol–water partition coefficient (Wildman–Crippen LogP) is 3.66. The number of anilines is 1. The molecule has 1 amide bonds. The van der Waals surface area contributed by atoms with Crippen LogP contribution in [0.25, 0.3) is 6.08 Å². The number of rotatable bonds is 10. The van der Waals surface area contributed by atoms with Gasteiger partial charge in [-0.05, 0) is 47.9 Å². The Morgan fingerprint density at radius 3 is 2.75 bits per heavy atom. The Labute approximate surface area is 167 Å². The number of hydrogen-bond donors (Lipinski definition) is 1. The van der Waals surface area contributed by atoms with Crippen LogP contribution in [0.15, 0.2) is 42.6 Å². The van der Waals surface area contributed by atoms with Crippen LogP contribution in [0.5, 0.6) is 11.5 Å². The van der Waals surface area contributed by atoms with Crippen molar-refractivity contribution in [1.82, 2.24) is 10.3 Å². The van der Waals surface area contributed by atoms with Crippen molar-refractivity contribution in [3.05, 3.63) is 53.7 Å². The molecular weight excluding hydrogens is 354 g/mol. The van der Waals surface area contributed by atoms with Gasteiger partial charge in [-0.25, -0.2) is 4.98 Å². The van der Waals surface area contributed by atoms with Crippen LogP contribution in [0.3, 0.4) is 0 Å². The molecule has 0 fully saturated rings. The van der Waals surface area contributed by atoms with Crippen LogP contribution < -0.4 is 19.7 Å². The highest BCUT2D eigenvalue weighted by Crippen LogP contribution is 2.28. The molecule has 28 heavy (non-hydrogen) atoms. The molecule has 0 aliphatic heterocycles. The normalized spacial score (nSPS) is 10.7. The second-order valence-corrected chi connectivity index (χ2v) is 6.58. The van der Waals surface area contributed by atoms with Crippen LogP contribution in [0.2, 0.25) is 0 Å². The third-order valence-electron chi connectivity index (χ3n) is 4.11. The molecule has 0 saturated heterocycles. The molecule has 0 aliphatic carbocycles. The summed E-state index contributed by atoms with van der Waals surface area (Å²) in [7, 11) is 5.47. The van der Waals surface area contributed by atoms with Crippen LogP contribution in [0.4, 0.5) is 5.82 Å². The lowest BCUT2D eigenvalue weighted by Crippen LogP contribution is -2.20. The minimum absolute atomic E-state index is 0.162. The number of nitrogens with zero attached hydrogens (tertiary/aromatic N) is 2. The van der Waals surface area contributed by atoms with Gasteiger partial charge in [0, 0.05) is 32.9 Å². The first kappa shape index (κ1) is 21.3. The number of unbranched alkanes of at least 4 members (excludes halogenated alkanes) is 1. The number of pyridine rings is 1. The number of benzene rings is 1. The van der Waals surface area contributed by atoms with Crippen molar-refractivity contribution < 1.29 is 14.3 Å². The Balaban J connectivity index is 1.93. The topological polar surface area (TPSA) is 63.7 Å². The van der Waals surface area contributed by atoms with Crippen LogP contribution in [-0.2, 0) is 11.3 Å². The molecule has 150 valence electrons. The van der Waals surface area contributed by atoms with Gasteiger partial charge in [0.15, 0.2) is 11.5 Å². The standard InChI is InChI=1S/C22H29N3O3/c1-5-6-13-28-19-9-7-17(14-20(19)27-4)8-10-22(26)24-16-18-11-12-23-21(15-18)25(2)3/h7-12,14-15H,5-6,13,16H2,1-4H3,(H,24,26)/b10-8+. The summed E-state index contributed by atoms with van der Waals surface area (Å²) >= 11 is 0. The third-order valence-corrected chi connectivity index (χ3v) is 4.11. The lowest BCUT2D eigenvalue weighted by atomic mass is 10.2. The minimum atomic E-state index is -0.162. The van der Waals surface area contributed by atoms with Crippen molar-refractivity contribution in [3.8, 4) is 11.5 Å². The number of aromatic nitrogens is 1. The van der Waals surface area contributed by atoms with Crippen molar-refractivity contribution in [2.24, 2.45) is 0 Å². The lowest BCUT2D eigenvalue weighted by molar-refractivity contribution is -0.116. The fourth-order valence-corrected chi connectivity index (χ4v) is 2.47. The van der Waals surface area contributed by atoms with Crippen LogP contribution in [0, 0.1) is 0 Å². The summed E-state index contributed by atoms with van der Waals surface area (Å²) in [6.07, 6.45) is 7.08. The molecule has 1 heterocycles. The molecule has 1 aromatic heterocycles. The minimum Gasteiger partial charge on any atom is -0.493 e. The van der Waals surface area contributed by atoms with Gasteiger partial charge in [0.25, 0.3) is 0 Å². The molecule has 0 aliphatic rings. The van der Waals surface area contributed by atoms with E-state index in [1.165, 1.54) is 6.08 Å². The van der Waals surface area contributed by atoms with Crippen LogP contribution in [-0.4, -0.2) is 38.7 Å².